The summed E-state index contributed by atoms with van der Waals surface area (Å²) >= 11 is 6.13. The van der Waals surface area contributed by atoms with Crippen LogP contribution in [-0.2, 0) is 14.8 Å². The normalized spacial score (nSPS) is 16.6. The van der Waals surface area contributed by atoms with Crippen molar-refractivity contribution in [3.63, 3.8) is 0 Å². The molecule has 0 radical (unpaired) electrons. The Morgan fingerprint density at radius 3 is 2.36 bits per heavy atom. The fourth-order valence-electron chi connectivity index (χ4n) is 4.49. The Hall–Kier alpha value is -3.03. The molecule has 0 aliphatic carbocycles. The molecule has 1 amide bonds. The largest absolute Gasteiger partial charge is 0.487 e. The van der Waals surface area contributed by atoms with Crippen LogP contribution < -0.4 is 14.4 Å². The van der Waals surface area contributed by atoms with E-state index in [0.717, 1.165) is 26.7 Å². The second-order valence-corrected chi connectivity index (χ2v) is 12.3. The summed E-state index contributed by atoms with van der Waals surface area (Å²) in [5, 5.41) is 3.55. The Morgan fingerprint density at radius 2 is 1.69 bits per heavy atom. The number of nitrogens with zero attached hydrogens (tertiary/aromatic N) is 1. The van der Waals surface area contributed by atoms with Crippen molar-refractivity contribution in [1.29, 1.82) is 0 Å². The number of aryl methyl sites for hydroxylation is 3. The maximum atomic E-state index is 13.7. The second kappa shape index (κ2) is 9.79. The number of fused-ring (bicyclic) bond motifs is 1. The lowest BCUT2D eigenvalue weighted by molar-refractivity contribution is -0.120. The topological polar surface area (TPSA) is 75.7 Å². The Morgan fingerprint density at radius 1 is 1.03 bits per heavy atom. The van der Waals surface area contributed by atoms with Crippen molar-refractivity contribution < 1.29 is 17.9 Å². The van der Waals surface area contributed by atoms with Gasteiger partial charge in [-0.25, -0.2) is 8.42 Å². The summed E-state index contributed by atoms with van der Waals surface area (Å²) in [6.07, 6.45) is 0.555. The van der Waals surface area contributed by atoms with Gasteiger partial charge in [0.15, 0.2) is 0 Å². The van der Waals surface area contributed by atoms with Crippen molar-refractivity contribution in [2.75, 3.05) is 10.8 Å². The number of nitrogens with one attached hydrogen (secondary N) is 1. The van der Waals surface area contributed by atoms with E-state index in [0.29, 0.717) is 22.7 Å². The molecule has 1 unspecified atom stereocenters. The van der Waals surface area contributed by atoms with Crippen LogP contribution in [0.5, 0.6) is 5.75 Å². The lowest BCUT2D eigenvalue weighted by Gasteiger charge is -2.38. The zero-order valence-corrected chi connectivity index (χ0v) is 22.7. The monoisotopic (exact) mass is 526 g/mol. The first kappa shape index (κ1) is 26.0. The molecule has 4 rings (SSSR count). The van der Waals surface area contributed by atoms with Gasteiger partial charge < -0.3 is 10.1 Å². The number of carbonyl (C=O) groups is 1. The molecular formula is C28H31ClN2O4S. The number of hydrogen-bond acceptors (Lipinski definition) is 4. The Bertz CT molecular complexity index is 1400. The molecule has 8 heteroatoms. The summed E-state index contributed by atoms with van der Waals surface area (Å²) in [7, 11) is -4.03. The first-order chi connectivity index (χ1) is 16.9. The highest BCUT2D eigenvalue weighted by molar-refractivity contribution is 7.92. The van der Waals surface area contributed by atoms with Gasteiger partial charge in [-0.15, -0.1) is 0 Å². The van der Waals surface area contributed by atoms with Crippen LogP contribution in [0.25, 0.3) is 0 Å². The van der Waals surface area contributed by atoms with Gasteiger partial charge in [0.05, 0.1) is 16.6 Å². The van der Waals surface area contributed by atoms with Crippen LogP contribution in [0.1, 0.15) is 48.6 Å². The Kier molecular flexibility index (Phi) is 7.08. The highest BCUT2D eigenvalue weighted by atomic mass is 35.5. The lowest BCUT2D eigenvalue weighted by Crippen LogP contribution is -2.45. The first-order valence-corrected chi connectivity index (χ1v) is 13.6. The summed E-state index contributed by atoms with van der Waals surface area (Å²) in [6.45, 7) is 9.22. The SMILES string of the molecule is Cc1ccc(S(=O)(=O)N(CC(=O)NC2CC(C)(C)Oc3cc(C)ccc32)c2ccc(Cl)cc2C)cc1. The molecular weight excluding hydrogens is 496 g/mol. The third kappa shape index (κ3) is 5.52. The Balaban J connectivity index is 1.68. The standard InChI is InChI=1S/C28H31ClN2O4S/c1-18-6-10-22(11-7-18)36(33,34)31(25-13-9-21(29)15-20(25)3)17-27(32)30-24-16-28(4,5)35-26-14-19(2)8-12-23(24)26/h6-15,24H,16-17H2,1-5H3,(H,30,32). The van der Waals surface area contributed by atoms with Crippen LogP contribution in [0.15, 0.2) is 65.6 Å². The van der Waals surface area contributed by atoms with Gasteiger partial charge in [0.1, 0.15) is 17.9 Å². The van der Waals surface area contributed by atoms with E-state index in [1.54, 1.807) is 49.4 Å². The van der Waals surface area contributed by atoms with Crippen LogP contribution in [0, 0.1) is 20.8 Å². The molecule has 36 heavy (non-hydrogen) atoms. The molecule has 0 bridgehead atoms. The van der Waals surface area contributed by atoms with Crippen LogP contribution >= 0.6 is 11.6 Å². The van der Waals surface area contributed by atoms with Crippen molar-refractivity contribution >= 4 is 33.2 Å². The van der Waals surface area contributed by atoms with Gasteiger partial charge in [-0.05, 0) is 82.1 Å². The van der Waals surface area contributed by atoms with Crippen molar-refractivity contribution in [2.24, 2.45) is 0 Å². The Labute approximate surface area is 218 Å². The number of benzene rings is 3. The van der Waals surface area contributed by atoms with Crippen molar-refractivity contribution in [3.05, 3.63) is 87.9 Å². The smallest absolute Gasteiger partial charge is 0.264 e. The van der Waals surface area contributed by atoms with E-state index < -0.39 is 21.5 Å². The average molecular weight is 527 g/mol. The third-order valence-corrected chi connectivity index (χ3v) is 8.29. The van der Waals surface area contributed by atoms with E-state index in [4.69, 9.17) is 16.3 Å². The number of sulfonamides is 1. The van der Waals surface area contributed by atoms with Gasteiger partial charge in [0, 0.05) is 17.0 Å². The second-order valence-electron chi connectivity index (χ2n) is 9.98. The van der Waals surface area contributed by atoms with E-state index in [9.17, 15) is 13.2 Å². The predicted octanol–water partition coefficient (Wildman–Crippen LogP) is 5.88. The van der Waals surface area contributed by atoms with E-state index in [2.05, 4.69) is 5.32 Å². The molecule has 1 aliphatic heterocycles. The molecule has 6 nitrogen and oxygen atoms in total. The van der Waals surface area contributed by atoms with Crippen LogP contribution in [0.2, 0.25) is 5.02 Å². The van der Waals surface area contributed by atoms with Crippen LogP contribution in [-0.4, -0.2) is 26.5 Å². The fraction of sp³-hybridized carbons (Fsp3) is 0.321. The molecule has 1 atom stereocenters. The lowest BCUT2D eigenvalue weighted by atomic mass is 9.89. The molecule has 1 aliphatic rings. The minimum absolute atomic E-state index is 0.114. The average Bonchev–Trinajstić information content (AvgIpc) is 2.77. The van der Waals surface area contributed by atoms with E-state index in [1.807, 2.05) is 45.9 Å². The molecule has 3 aromatic rings. The highest BCUT2D eigenvalue weighted by Crippen LogP contribution is 2.40. The van der Waals surface area contributed by atoms with Crippen molar-refractivity contribution in [1.82, 2.24) is 5.32 Å². The number of carbonyl (C=O) groups excluding carboxylic acids is 1. The molecule has 0 saturated heterocycles. The van der Waals surface area contributed by atoms with E-state index in [-0.39, 0.29) is 17.5 Å². The van der Waals surface area contributed by atoms with Gasteiger partial charge in [-0.3, -0.25) is 9.10 Å². The summed E-state index contributed by atoms with van der Waals surface area (Å²) in [4.78, 5) is 13.5. The van der Waals surface area contributed by atoms with E-state index in [1.165, 1.54) is 0 Å². The molecule has 0 spiro atoms. The molecule has 1 heterocycles. The van der Waals surface area contributed by atoms with Gasteiger partial charge in [0.2, 0.25) is 5.91 Å². The fourth-order valence-corrected chi connectivity index (χ4v) is 6.21. The number of amides is 1. The minimum atomic E-state index is -4.03. The molecule has 0 aromatic heterocycles. The van der Waals surface area contributed by atoms with Crippen LogP contribution in [0.3, 0.4) is 0 Å². The zero-order chi connectivity index (χ0) is 26.3. The predicted molar refractivity (Wildman–Crippen MR) is 143 cm³/mol. The van der Waals surface area contributed by atoms with Gasteiger partial charge >= 0.3 is 0 Å². The maximum Gasteiger partial charge on any atom is 0.264 e. The quantitative estimate of drug-likeness (QED) is 0.435. The minimum Gasteiger partial charge on any atom is -0.487 e. The van der Waals surface area contributed by atoms with Crippen LogP contribution in [0.4, 0.5) is 5.69 Å². The number of halogens is 1. The van der Waals surface area contributed by atoms with Gasteiger partial charge in [-0.2, -0.15) is 0 Å². The van der Waals surface area contributed by atoms with Crippen molar-refractivity contribution in [2.45, 2.75) is 57.6 Å². The highest BCUT2D eigenvalue weighted by Gasteiger charge is 2.36. The molecule has 0 fully saturated rings. The number of hydrogen-bond donors (Lipinski definition) is 1. The maximum absolute atomic E-state index is 13.7. The summed E-state index contributed by atoms with van der Waals surface area (Å²) in [6, 6.07) is 17.1. The number of anilines is 1. The number of ether oxygens (including phenoxy) is 1. The molecule has 1 N–H and O–H groups in total. The summed E-state index contributed by atoms with van der Waals surface area (Å²) in [5.74, 6) is 0.323. The summed E-state index contributed by atoms with van der Waals surface area (Å²) in [5.41, 5.74) is 3.45. The van der Waals surface area contributed by atoms with Crippen molar-refractivity contribution in [3.8, 4) is 5.75 Å². The van der Waals surface area contributed by atoms with Gasteiger partial charge in [0.25, 0.3) is 10.0 Å². The molecule has 3 aromatic carbocycles. The first-order valence-electron chi connectivity index (χ1n) is 11.8. The molecule has 0 saturated carbocycles. The molecule has 190 valence electrons. The summed E-state index contributed by atoms with van der Waals surface area (Å²) < 4.78 is 34.8. The van der Waals surface area contributed by atoms with Gasteiger partial charge in [-0.1, -0.05) is 41.4 Å². The van der Waals surface area contributed by atoms with E-state index >= 15 is 0 Å². The number of rotatable bonds is 6. The zero-order valence-electron chi connectivity index (χ0n) is 21.1. The third-order valence-electron chi connectivity index (χ3n) is 6.29.